The van der Waals surface area contributed by atoms with Crippen LogP contribution in [0.4, 0.5) is 0 Å². The van der Waals surface area contributed by atoms with Gasteiger partial charge in [0.15, 0.2) is 0 Å². The maximum Gasteiger partial charge on any atom is 0.343 e. The number of aromatic amines is 1. The molecule has 0 saturated heterocycles. The molecule has 0 unspecified atom stereocenters. The number of amides is 1. The number of para-hydroxylation sites is 2. The first-order chi connectivity index (χ1) is 18.2. The minimum absolute atomic E-state index is 0.282. The summed E-state index contributed by atoms with van der Waals surface area (Å²) >= 11 is 0. The maximum absolute atomic E-state index is 13.2. The van der Waals surface area contributed by atoms with E-state index in [-0.39, 0.29) is 5.69 Å². The Bertz CT molecular complexity index is 1670. The van der Waals surface area contributed by atoms with E-state index < -0.39 is 11.9 Å². The van der Waals surface area contributed by atoms with Gasteiger partial charge in [0, 0.05) is 16.5 Å². The van der Waals surface area contributed by atoms with Crippen molar-refractivity contribution < 1.29 is 14.3 Å². The molecule has 7 nitrogen and oxygen atoms in total. The van der Waals surface area contributed by atoms with E-state index >= 15 is 0 Å². The number of nitriles is 1. The Balaban J connectivity index is 1.42. The van der Waals surface area contributed by atoms with E-state index in [2.05, 4.69) is 21.6 Å². The monoisotopic (exact) mass is 484 g/mol. The first kappa shape index (κ1) is 23.3. The molecule has 1 heterocycles. The lowest BCUT2D eigenvalue weighted by atomic mass is 10.0. The first-order valence-corrected chi connectivity index (χ1v) is 11.5. The molecule has 5 aromatic rings. The van der Waals surface area contributed by atoms with Crippen molar-refractivity contribution in [3.8, 4) is 22.9 Å². The number of rotatable bonds is 6. The van der Waals surface area contributed by atoms with Gasteiger partial charge < -0.3 is 9.72 Å². The van der Waals surface area contributed by atoms with Crippen LogP contribution in [0, 0.1) is 11.3 Å². The molecule has 7 heteroatoms. The number of hydrogen-bond acceptors (Lipinski definition) is 5. The Morgan fingerprint density at radius 2 is 1.57 bits per heavy atom. The van der Waals surface area contributed by atoms with E-state index in [1.807, 2.05) is 42.5 Å². The average molecular weight is 485 g/mol. The minimum Gasteiger partial charge on any atom is -0.422 e. The van der Waals surface area contributed by atoms with Gasteiger partial charge in [0.1, 0.15) is 17.5 Å². The largest absolute Gasteiger partial charge is 0.422 e. The van der Waals surface area contributed by atoms with E-state index in [4.69, 9.17) is 4.74 Å². The summed E-state index contributed by atoms with van der Waals surface area (Å²) in [5.41, 5.74) is 6.29. The smallest absolute Gasteiger partial charge is 0.343 e. The number of ether oxygens (including phenoxy) is 1. The molecular formula is C30H20N4O3. The minimum atomic E-state index is -0.496. The van der Waals surface area contributed by atoms with Gasteiger partial charge in [0.25, 0.3) is 5.91 Å². The molecule has 0 saturated carbocycles. The molecule has 4 aromatic carbocycles. The molecule has 5 rings (SSSR count). The molecule has 0 aliphatic heterocycles. The van der Waals surface area contributed by atoms with Gasteiger partial charge >= 0.3 is 5.97 Å². The number of hydrogen-bond donors (Lipinski definition) is 2. The molecule has 0 bridgehead atoms. The lowest BCUT2D eigenvalue weighted by Crippen LogP contribution is -2.19. The van der Waals surface area contributed by atoms with Crippen molar-refractivity contribution in [2.24, 2.45) is 5.10 Å². The predicted octanol–water partition coefficient (Wildman–Crippen LogP) is 5.69. The summed E-state index contributed by atoms with van der Waals surface area (Å²) in [7, 11) is 0. The number of nitrogens with zero attached hydrogens (tertiary/aromatic N) is 2. The number of carbonyl (C=O) groups excluding carboxylic acids is 2. The Morgan fingerprint density at radius 1 is 0.865 bits per heavy atom. The standard InChI is InChI=1S/C30H20N4O3/c31-18-22-15-9-16-24-26(20-10-3-1-4-11-20)28(33-27(22)24)29(35)34-32-19-23-14-7-8-17-25(23)37-30(36)21-12-5-2-6-13-21/h1-17,19,33H,(H,34,35). The van der Waals surface area contributed by atoms with Crippen LogP contribution in [-0.2, 0) is 0 Å². The predicted molar refractivity (Wildman–Crippen MR) is 141 cm³/mol. The van der Waals surface area contributed by atoms with Gasteiger partial charge in [-0.2, -0.15) is 10.4 Å². The molecule has 37 heavy (non-hydrogen) atoms. The number of aromatic nitrogens is 1. The number of nitrogens with one attached hydrogen (secondary N) is 2. The summed E-state index contributed by atoms with van der Waals surface area (Å²) in [5, 5.41) is 14.4. The van der Waals surface area contributed by atoms with Gasteiger partial charge in [0.2, 0.25) is 0 Å². The first-order valence-electron chi connectivity index (χ1n) is 11.5. The van der Waals surface area contributed by atoms with Crippen LogP contribution in [0.5, 0.6) is 5.75 Å². The second-order valence-corrected chi connectivity index (χ2v) is 8.07. The maximum atomic E-state index is 13.2. The number of fused-ring (bicyclic) bond motifs is 1. The lowest BCUT2D eigenvalue weighted by molar-refractivity contribution is 0.0734. The van der Waals surface area contributed by atoms with Crippen LogP contribution in [0.3, 0.4) is 0 Å². The number of esters is 1. The van der Waals surface area contributed by atoms with Crippen molar-refractivity contribution in [2.45, 2.75) is 0 Å². The highest BCUT2D eigenvalue weighted by molar-refractivity contribution is 6.10. The fourth-order valence-electron chi connectivity index (χ4n) is 4.02. The van der Waals surface area contributed by atoms with E-state index in [0.717, 1.165) is 10.9 Å². The van der Waals surface area contributed by atoms with Crippen LogP contribution in [0.1, 0.15) is 32.0 Å². The third kappa shape index (κ3) is 4.85. The third-order valence-electron chi connectivity index (χ3n) is 5.74. The highest BCUT2D eigenvalue weighted by Gasteiger charge is 2.20. The quantitative estimate of drug-likeness (QED) is 0.140. The lowest BCUT2D eigenvalue weighted by Gasteiger charge is -2.07. The Kier molecular flexibility index (Phi) is 6.55. The molecule has 2 N–H and O–H groups in total. The zero-order valence-electron chi connectivity index (χ0n) is 19.5. The van der Waals surface area contributed by atoms with Crippen LogP contribution < -0.4 is 10.2 Å². The Labute approximate surface area is 212 Å². The Morgan fingerprint density at radius 3 is 2.32 bits per heavy atom. The normalized spacial score (nSPS) is 10.8. The summed E-state index contributed by atoms with van der Waals surface area (Å²) in [5.74, 6) is -0.665. The number of benzene rings is 4. The van der Waals surface area contributed by atoms with Crippen LogP contribution in [0.25, 0.3) is 22.0 Å². The second kappa shape index (κ2) is 10.4. The second-order valence-electron chi connectivity index (χ2n) is 8.07. The topological polar surface area (TPSA) is 107 Å². The van der Waals surface area contributed by atoms with Crippen LogP contribution in [0.15, 0.2) is 108 Å². The van der Waals surface area contributed by atoms with Crippen LogP contribution >= 0.6 is 0 Å². The summed E-state index contributed by atoms with van der Waals surface area (Å²) in [6, 6.07) is 32.5. The zero-order chi connectivity index (χ0) is 25.6. The van der Waals surface area contributed by atoms with Gasteiger partial charge in [-0.15, -0.1) is 0 Å². The summed E-state index contributed by atoms with van der Waals surface area (Å²) in [4.78, 5) is 28.8. The summed E-state index contributed by atoms with van der Waals surface area (Å²) in [6.45, 7) is 0. The van der Waals surface area contributed by atoms with Crippen LogP contribution in [0.2, 0.25) is 0 Å². The zero-order valence-corrected chi connectivity index (χ0v) is 19.5. The molecule has 1 aromatic heterocycles. The van der Waals surface area contributed by atoms with Gasteiger partial charge in [-0.1, -0.05) is 72.8 Å². The van der Waals surface area contributed by atoms with Crippen molar-refractivity contribution >= 4 is 29.0 Å². The molecule has 0 radical (unpaired) electrons. The average Bonchev–Trinajstić information content (AvgIpc) is 3.35. The molecular weight excluding hydrogens is 464 g/mol. The number of H-pyrrole nitrogens is 1. The van der Waals surface area contributed by atoms with Gasteiger partial charge in [-0.25, -0.2) is 10.2 Å². The van der Waals surface area contributed by atoms with Crippen molar-refractivity contribution in [3.63, 3.8) is 0 Å². The van der Waals surface area contributed by atoms with Gasteiger partial charge in [0.05, 0.1) is 22.9 Å². The number of hydrazone groups is 1. The van der Waals surface area contributed by atoms with E-state index in [1.54, 1.807) is 60.7 Å². The molecule has 0 fully saturated rings. The highest BCUT2D eigenvalue weighted by Crippen LogP contribution is 2.33. The molecule has 0 aliphatic carbocycles. The third-order valence-corrected chi connectivity index (χ3v) is 5.74. The molecule has 1 amide bonds. The molecule has 0 spiro atoms. The van der Waals surface area contributed by atoms with Crippen molar-refractivity contribution in [1.82, 2.24) is 10.4 Å². The van der Waals surface area contributed by atoms with Gasteiger partial charge in [-0.3, -0.25) is 4.79 Å². The SMILES string of the molecule is N#Cc1cccc2c(-c3ccccc3)c(C(=O)NN=Cc3ccccc3OC(=O)c3ccccc3)[nH]c12. The molecule has 0 aliphatic rings. The fourth-order valence-corrected chi connectivity index (χ4v) is 4.02. The van der Waals surface area contributed by atoms with Crippen molar-refractivity contribution in [2.75, 3.05) is 0 Å². The highest BCUT2D eigenvalue weighted by atomic mass is 16.5. The number of carbonyl (C=O) groups is 2. The van der Waals surface area contributed by atoms with Crippen molar-refractivity contribution in [1.29, 1.82) is 5.26 Å². The summed E-state index contributed by atoms with van der Waals surface area (Å²) < 4.78 is 5.54. The molecule has 0 atom stereocenters. The summed E-state index contributed by atoms with van der Waals surface area (Å²) in [6.07, 6.45) is 1.41. The van der Waals surface area contributed by atoms with E-state index in [1.165, 1.54) is 6.21 Å². The van der Waals surface area contributed by atoms with Gasteiger partial charge in [-0.05, 0) is 35.9 Å². The fraction of sp³-hybridized carbons (Fsp3) is 0. The van der Waals surface area contributed by atoms with E-state index in [9.17, 15) is 14.9 Å². The Hall–Kier alpha value is -5.48. The van der Waals surface area contributed by atoms with Crippen LogP contribution in [-0.4, -0.2) is 23.1 Å². The molecule has 178 valence electrons. The van der Waals surface area contributed by atoms with Crippen molar-refractivity contribution in [3.05, 3.63) is 126 Å². The van der Waals surface area contributed by atoms with E-state index in [0.29, 0.717) is 33.5 Å².